The summed E-state index contributed by atoms with van der Waals surface area (Å²) < 4.78 is 5.24. The predicted octanol–water partition coefficient (Wildman–Crippen LogP) is 1.57. The number of carboxylic acid groups (broad SMARTS) is 1. The lowest BCUT2D eigenvalue weighted by Crippen LogP contribution is -2.34. The van der Waals surface area contributed by atoms with Crippen molar-refractivity contribution in [2.24, 2.45) is 0 Å². The second kappa shape index (κ2) is 4.65. The van der Waals surface area contributed by atoms with E-state index in [0.717, 1.165) is 32.5 Å². The van der Waals surface area contributed by atoms with E-state index in [1.165, 1.54) is 6.20 Å². The highest BCUT2D eigenvalue weighted by Gasteiger charge is 2.25. The number of likely N-dealkylation sites (tertiary alicyclic amines) is 1. The second-order valence-corrected chi connectivity index (χ2v) is 4.10. The van der Waals surface area contributed by atoms with E-state index in [4.69, 9.17) is 9.52 Å². The lowest BCUT2D eigenvalue weighted by Gasteiger charge is -2.29. The van der Waals surface area contributed by atoms with Crippen LogP contribution >= 0.6 is 0 Å². The molecule has 0 bridgehead atoms. The van der Waals surface area contributed by atoms with Crippen molar-refractivity contribution in [3.63, 3.8) is 0 Å². The summed E-state index contributed by atoms with van der Waals surface area (Å²) >= 11 is 0. The number of likely N-dealkylation sites (N-methyl/N-ethyl adjacent to an activating group) is 1. The number of hydrogen-bond acceptors (Lipinski definition) is 4. The Hall–Kier alpha value is -1.36. The quantitative estimate of drug-likeness (QED) is 0.844. The van der Waals surface area contributed by atoms with Crippen LogP contribution in [0.5, 0.6) is 0 Å². The van der Waals surface area contributed by atoms with E-state index in [9.17, 15) is 4.79 Å². The zero-order valence-corrected chi connectivity index (χ0v) is 9.35. The third kappa shape index (κ3) is 2.24. The van der Waals surface area contributed by atoms with Crippen molar-refractivity contribution >= 4 is 5.97 Å². The van der Waals surface area contributed by atoms with E-state index >= 15 is 0 Å². The first-order valence-corrected chi connectivity index (χ1v) is 5.62. The fourth-order valence-electron chi connectivity index (χ4n) is 2.12. The number of aromatic nitrogens is 1. The van der Waals surface area contributed by atoms with Gasteiger partial charge in [-0.15, -0.1) is 0 Å². The number of piperidine rings is 1. The Balaban J connectivity index is 2.08. The average Bonchev–Trinajstić information content (AvgIpc) is 2.78. The normalized spacial score (nSPS) is 22.2. The van der Waals surface area contributed by atoms with Crippen LogP contribution in [0.2, 0.25) is 0 Å². The van der Waals surface area contributed by atoms with Gasteiger partial charge in [0.15, 0.2) is 5.89 Å². The van der Waals surface area contributed by atoms with Gasteiger partial charge in [0.2, 0.25) is 5.76 Å². The number of oxazole rings is 1. The summed E-state index contributed by atoms with van der Waals surface area (Å²) in [5, 5.41) is 8.75. The first-order valence-electron chi connectivity index (χ1n) is 5.62. The molecule has 88 valence electrons. The molecule has 1 saturated heterocycles. The molecule has 5 nitrogen and oxygen atoms in total. The molecular weight excluding hydrogens is 208 g/mol. The molecule has 0 saturated carbocycles. The molecule has 1 aliphatic rings. The van der Waals surface area contributed by atoms with Gasteiger partial charge in [-0.1, -0.05) is 6.92 Å². The SMILES string of the molecule is CCN1CCCC(c2ncc(C(=O)O)o2)C1. The van der Waals surface area contributed by atoms with Crippen LogP contribution in [0.4, 0.5) is 0 Å². The Morgan fingerprint density at radius 3 is 3.19 bits per heavy atom. The van der Waals surface area contributed by atoms with E-state index in [-0.39, 0.29) is 11.7 Å². The van der Waals surface area contributed by atoms with E-state index in [1.807, 2.05) is 0 Å². The molecule has 0 amide bonds. The van der Waals surface area contributed by atoms with Crippen LogP contribution < -0.4 is 0 Å². The molecule has 1 aromatic rings. The van der Waals surface area contributed by atoms with Gasteiger partial charge in [-0.3, -0.25) is 0 Å². The molecule has 0 aliphatic carbocycles. The summed E-state index contributed by atoms with van der Waals surface area (Å²) in [6, 6.07) is 0. The van der Waals surface area contributed by atoms with Crippen molar-refractivity contribution in [3.8, 4) is 0 Å². The fraction of sp³-hybridized carbons (Fsp3) is 0.636. The minimum absolute atomic E-state index is 0.0661. The van der Waals surface area contributed by atoms with Crippen molar-refractivity contribution in [3.05, 3.63) is 17.8 Å². The van der Waals surface area contributed by atoms with Gasteiger partial charge in [0.25, 0.3) is 0 Å². The lowest BCUT2D eigenvalue weighted by molar-refractivity contribution is 0.0658. The van der Waals surface area contributed by atoms with Crippen LogP contribution in [0.1, 0.15) is 42.1 Å². The van der Waals surface area contributed by atoms with Gasteiger partial charge in [-0.2, -0.15) is 0 Å². The summed E-state index contributed by atoms with van der Waals surface area (Å²) in [6.07, 6.45) is 3.43. The van der Waals surface area contributed by atoms with Crippen LogP contribution in [0.15, 0.2) is 10.6 Å². The van der Waals surface area contributed by atoms with Crippen molar-refractivity contribution in [1.29, 1.82) is 0 Å². The van der Waals surface area contributed by atoms with Gasteiger partial charge >= 0.3 is 5.97 Å². The summed E-state index contributed by atoms with van der Waals surface area (Å²) in [5.74, 6) is -0.317. The maximum absolute atomic E-state index is 10.7. The molecule has 2 rings (SSSR count). The van der Waals surface area contributed by atoms with Crippen LogP contribution in [0.25, 0.3) is 0 Å². The lowest BCUT2D eigenvalue weighted by atomic mass is 9.98. The maximum atomic E-state index is 10.7. The van der Waals surface area contributed by atoms with Gasteiger partial charge in [0.05, 0.1) is 6.20 Å². The van der Waals surface area contributed by atoms with Gasteiger partial charge < -0.3 is 14.4 Å². The van der Waals surface area contributed by atoms with Crippen LogP contribution in [0, 0.1) is 0 Å². The highest BCUT2D eigenvalue weighted by molar-refractivity contribution is 5.83. The molecule has 0 radical (unpaired) electrons. The number of hydrogen-bond donors (Lipinski definition) is 1. The monoisotopic (exact) mass is 224 g/mol. The van der Waals surface area contributed by atoms with Crippen LogP contribution in [-0.4, -0.2) is 40.6 Å². The fourth-order valence-corrected chi connectivity index (χ4v) is 2.12. The predicted molar refractivity (Wildman–Crippen MR) is 57.6 cm³/mol. The number of aromatic carboxylic acids is 1. The Morgan fingerprint density at radius 2 is 2.56 bits per heavy atom. The summed E-state index contributed by atoms with van der Waals surface area (Å²) in [6.45, 7) is 5.17. The number of carbonyl (C=O) groups is 1. The first kappa shape index (κ1) is 11.1. The largest absolute Gasteiger partial charge is 0.475 e. The molecular formula is C11H16N2O3. The number of nitrogens with zero attached hydrogens (tertiary/aromatic N) is 2. The smallest absolute Gasteiger partial charge is 0.373 e. The van der Waals surface area contributed by atoms with Gasteiger partial charge in [-0.25, -0.2) is 9.78 Å². The third-order valence-corrected chi connectivity index (χ3v) is 3.04. The van der Waals surface area contributed by atoms with Crippen molar-refractivity contribution in [2.45, 2.75) is 25.7 Å². The molecule has 0 spiro atoms. The van der Waals surface area contributed by atoms with E-state index < -0.39 is 5.97 Å². The highest BCUT2D eigenvalue weighted by atomic mass is 16.4. The molecule has 1 aliphatic heterocycles. The van der Waals surface area contributed by atoms with Crippen molar-refractivity contribution in [1.82, 2.24) is 9.88 Å². The van der Waals surface area contributed by atoms with Gasteiger partial charge in [0.1, 0.15) is 0 Å². The molecule has 5 heteroatoms. The van der Waals surface area contributed by atoms with E-state index in [0.29, 0.717) is 5.89 Å². The molecule has 1 atom stereocenters. The Labute approximate surface area is 94.1 Å². The molecule has 0 aromatic carbocycles. The molecule has 1 aromatic heterocycles. The van der Waals surface area contributed by atoms with Gasteiger partial charge in [-0.05, 0) is 25.9 Å². The topological polar surface area (TPSA) is 66.6 Å². The van der Waals surface area contributed by atoms with Crippen molar-refractivity contribution < 1.29 is 14.3 Å². The zero-order valence-electron chi connectivity index (χ0n) is 9.35. The summed E-state index contributed by atoms with van der Waals surface area (Å²) in [7, 11) is 0. The van der Waals surface area contributed by atoms with Crippen LogP contribution in [-0.2, 0) is 0 Å². The third-order valence-electron chi connectivity index (χ3n) is 3.04. The molecule has 16 heavy (non-hydrogen) atoms. The van der Waals surface area contributed by atoms with Crippen molar-refractivity contribution in [2.75, 3.05) is 19.6 Å². The Morgan fingerprint density at radius 1 is 1.75 bits per heavy atom. The molecule has 2 heterocycles. The number of rotatable bonds is 3. The zero-order chi connectivity index (χ0) is 11.5. The summed E-state index contributed by atoms with van der Waals surface area (Å²) in [5.41, 5.74) is 0. The first-order chi connectivity index (χ1) is 7.70. The number of carboxylic acids is 1. The van der Waals surface area contributed by atoms with E-state index in [2.05, 4.69) is 16.8 Å². The molecule has 1 N–H and O–H groups in total. The second-order valence-electron chi connectivity index (χ2n) is 4.10. The molecule has 1 fully saturated rings. The highest BCUT2D eigenvalue weighted by Crippen LogP contribution is 2.26. The standard InChI is InChI=1S/C11H16N2O3/c1-2-13-5-3-4-8(7-13)10-12-6-9(16-10)11(14)15/h6,8H,2-5,7H2,1H3,(H,14,15). The maximum Gasteiger partial charge on any atom is 0.373 e. The van der Waals surface area contributed by atoms with Gasteiger partial charge in [0, 0.05) is 12.5 Å². The minimum Gasteiger partial charge on any atom is -0.475 e. The summed E-state index contributed by atoms with van der Waals surface area (Å²) in [4.78, 5) is 17.1. The Kier molecular flexibility index (Phi) is 3.24. The Bertz CT molecular complexity index is 375. The molecule has 1 unspecified atom stereocenters. The average molecular weight is 224 g/mol. The van der Waals surface area contributed by atoms with E-state index in [1.54, 1.807) is 0 Å². The van der Waals surface area contributed by atoms with Crippen LogP contribution in [0.3, 0.4) is 0 Å². The minimum atomic E-state index is -1.05.